The van der Waals surface area contributed by atoms with Crippen molar-refractivity contribution < 1.29 is 14.2 Å². The maximum Gasteiger partial charge on any atom is 0.231 e. The van der Waals surface area contributed by atoms with E-state index in [9.17, 15) is 0 Å². The van der Waals surface area contributed by atoms with Crippen molar-refractivity contribution in [2.24, 2.45) is 0 Å². The molecule has 5 heteroatoms. The van der Waals surface area contributed by atoms with Crippen LogP contribution in [0, 0.1) is 0 Å². The summed E-state index contributed by atoms with van der Waals surface area (Å²) in [5.74, 6) is 2.52. The molecule has 0 fully saturated rings. The summed E-state index contributed by atoms with van der Waals surface area (Å²) in [6.45, 7) is 1.73. The first-order valence-electron chi connectivity index (χ1n) is 9.39. The van der Waals surface area contributed by atoms with Crippen molar-refractivity contribution >= 4 is 11.6 Å². The highest BCUT2D eigenvalue weighted by Gasteiger charge is 2.26. The lowest BCUT2D eigenvalue weighted by molar-refractivity contribution is 0.174. The van der Waals surface area contributed by atoms with E-state index in [2.05, 4.69) is 29.6 Å². The molecular weight excluding hydrogens is 374 g/mol. The topological polar surface area (TPSA) is 39.7 Å². The fourth-order valence-electron chi connectivity index (χ4n) is 3.77. The summed E-state index contributed by atoms with van der Waals surface area (Å²) >= 11 is 5.95. The highest BCUT2D eigenvalue weighted by molar-refractivity contribution is 6.30. The molecule has 2 heterocycles. The van der Waals surface area contributed by atoms with Crippen LogP contribution in [-0.2, 0) is 13.0 Å². The summed E-state index contributed by atoms with van der Waals surface area (Å²) in [6.07, 6.45) is 0.981. The Morgan fingerprint density at radius 2 is 1.82 bits per heavy atom. The minimum atomic E-state index is 0.109. The molecule has 2 aliphatic heterocycles. The van der Waals surface area contributed by atoms with Gasteiger partial charge in [0.1, 0.15) is 12.4 Å². The second kappa shape index (κ2) is 7.38. The Balaban J connectivity index is 1.39. The molecular formula is C23H20ClNO3. The van der Waals surface area contributed by atoms with Crippen LogP contribution in [-0.4, -0.2) is 13.3 Å². The molecule has 4 nitrogen and oxygen atoms in total. The predicted octanol–water partition coefficient (Wildman–Crippen LogP) is 4.88. The van der Waals surface area contributed by atoms with Gasteiger partial charge >= 0.3 is 0 Å². The summed E-state index contributed by atoms with van der Waals surface area (Å²) in [7, 11) is 0. The molecule has 1 unspecified atom stereocenters. The zero-order chi connectivity index (χ0) is 18.9. The Morgan fingerprint density at radius 3 is 2.68 bits per heavy atom. The molecule has 0 aliphatic carbocycles. The van der Waals surface area contributed by atoms with E-state index in [4.69, 9.17) is 25.8 Å². The van der Waals surface area contributed by atoms with Gasteiger partial charge < -0.3 is 19.5 Å². The standard InChI is InChI=1S/C23H20ClNO3/c24-18-6-4-15(5-7-18)13-26-19-3-1-2-17(10-19)23-20-12-22-21(27-14-28-22)11-16(20)8-9-25-23/h1-7,10-12,23,25H,8-9,13-14H2. The van der Waals surface area contributed by atoms with Gasteiger partial charge in [-0.2, -0.15) is 0 Å². The molecule has 0 amide bonds. The molecule has 5 rings (SSSR count). The first kappa shape index (κ1) is 17.4. The molecule has 0 radical (unpaired) electrons. The van der Waals surface area contributed by atoms with Crippen LogP contribution < -0.4 is 19.5 Å². The lowest BCUT2D eigenvalue weighted by atomic mass is 9.89. The highest BCUT2D eigenvalue weighted by atomic mass is 35.5. The van der Waals surface area contributed by atoms with Crippen molar-refractivity contribution in [3.05, 3.63) is 87.9 Å². The lowest BCUT2D eigenvalue weighted by Gasteiger charge is -2.28. The summed E-state index contributed by atoms with van der Waals surface area (Å²) in [5, 5.41) is 4.35. The van der Waals surface area contributed by atoms with E-state index in [1.165, 1.54) is 16.7 Å². The van der Waals surface area contributed by atoms with Crippen molar-refractivity contribution in [1.29, 1.82) is 0 Å². The first-order valence-corrected chi connectivity index (χ1v) is 9.77. The Labute approximate surface area is 169 Å². The van der Waals surface area contributed by atoms with Crippen molar-refractivity contribution in [2.75, 3.05) is 13.3 Å². The van der Waals surface area contributed by atoms with E-state index in [1.54, 1.807) is 0 Å². The molecule has 2 aliphatic rings. The average molecular weight is 394 g/mol. The molecule has 0 spiro atoms. The number of halogens is 1. The zero-order valence-electron chi connectivity index (χ0n) is 15.3. The van der Waals surface area contributed by atoms with E-state index < -0.39 is 0 Å². The number of nitrogens with one attached hydrogen (secondary N) is 1. The van der Waals surface area contributed by atoms with Gasteiger partial charge in [0.25, 0.3) is 0 Å². The number of ether oxygens (including phenoxy) is 3. The second-order valence-corrected chi connectivity index (χ2v) is 7.47. The molecule has 1 atom stereocenters. The minimum Gasteiger partial charge on any atom is -0.489 e. The van der Waals surface area contributed by atoms with E-state index in [0.29, 0.717) is 13.4 Å². The Bertz CT molecular complexity index is 1000. The summed E-state index contributed by atoms with van der Waals surface area (Å²) in [4.78, 5) is 0. The third-order valence-electron chi connectivity index (χ3n) is 5.20. The van der Waals surface area contributed by atoms with Crippen LogP contribution in [0.4, 0.5) is 0 Å². The van der Waals surface area contributed by atoms with Crippen molar-refractivity contribution in [3.8, 4) is 17.2 Å². The van der Waals surface area contributed by atoms with E-state index >= 15 is 0 Å². The SMILES string of the molecule is Clc1ccc(COc2cccc(C3NCCc4cc5c(cc43)OCO5)c2)cc1. The van der Waals surface area contributed by atoms with Gasteiger partial charge in [0.2, 0.25) is 6.79 Å². The van der Waals surface area contributed by atoms with Gasteiger partial charge in [-0.15, -0.1) is 0 Å². The van der Waals surface area contributed by atoms with E-state index in [-0.39, 0.29) is 6.04 Å². The van der Waals surface area contributed by atoms with Gasteiger partial charge in [0, 0.05) is 11.6 Å². The summed E-state index contributed by atoms with van der Waals surface area (Å²) < 4.78 is 17.1. The average Bonchev–Trinajstić information content (AvgIpc) is 3.19. The molecule has 3 aromatic rings. The Hall–Kier alpha value is -2.69. The second-order valence-electron chi connectivity index (χ2n) is 7.03. The molecule has 0 saturated heterocycles. The number of fused-ring (bicyclic) bond motifs is 2. The Kier molecular flexibility index (Phi) is 4.59. The van der Waals surface area contributed by atoms with E-state index in [0.717, 1.165) is 40.8 Å². The Morgan fingerprint density at radius 1 is 1.00 bits per heavy atom. The van der Waals surface area contributed by atoms with Gasteiger partial charge in [0.15, 0.2) is 11.5 Å². The van der Waals surface area contributed by atoms with Crippen LogP contribution in [0.25, 0.3) is 0 Å². The predicted molar refractivity (Wildman–Crippen MR) is 108 cm³/mol. The van der Waals surface area contributed by atoms with Crippen LogP contribution in [0.2, 0.25) is 5.02 Å². The van der Waals surface area contributed by atoms with Gasteiger partial charge in [0.05, 0.1) is 6.04 Å². The maximum absolute atomic E-state index is 6.01. The molecule has 1 N–H and O–H groups in total. The van der Waals surface area contributed by atoms with Crippen LogP contribution >= 0.6 is 11.6 Å². The first-order chi connectivity index (χ1) is 13.8. The van der Waals surface area contributed by atoms with Gasteiger partial charge in [-0.25, -0.2) is 0 Å². The fourth-order valence-corrected chi connectivity index (χ4v) is 3.90. The monoisotopic (exact) mass is 393 g/mol. The van der Waals surface area contributed by atoms with Crippen molar-refractivity contribution in [3.63, 3.8) is 0 Å². The van der Waals surface area contributed by atoms with Crippen molar-refractivity contribution in [1.82, 2.24) is 5.32 Å². The smallest absolute Gasteiger partial charge is 0.231 e. The number of benzene rings is 3. The fraction of sp³-hybridized carbons (Fsp3) is 0.217. The van der Waals surface area contributed by atoms with Crippen LogP contribution in [0.1, 0.15) is 28.3 Å². The number of hydrogen-bond acceptors (Lipinski definition) is 4. The van der Waals surface area contributed by atoms with Crippen LogP contribution in [0.15, 0.2) is 60.7 Å². The zero-order valence-corrected chi connectivity index (χ0v) is 16.0. The van der Waals surface area contributed by atoms with Gasteiger partial charge in [-0.1, -0.05) is 35.9 Å². The minimum absolute atomic E-state index is 0.109. The lowest BCUT2D eigenvalue weighted by Crippen LogP contribution is -2.30. The molecule has 0 aromatic heterocycles. The van der Waals surface area contributed by atoms with E-state index in [1.807, 2.05) is 36.4 Å². The third kappa shape index (κ3) is 3.41. The number of hydrogen-bond donors (Lipinski definition) is 1. The molecule has 0 saturated carbocycles. The van der Waals surface area contributed by atoms with Crippen molar-refractivity contribution in [2.45, 2.75) is 19.1 Å². The van der Waals surface area contributed by atoms with Gasteiger partial charge in [-0.05, 0) is 65.1 Å². The maximum atomic E-state index is 6.01. The molecule has 142 valence electrons. The summed E-state index contributed by atoms with van der Waals surface area (Å²) in [6, 6.07) is 20.3. The third-order valence-corrected chi connectivity index (χ3v) is 5.45. The number of rotatable bonds is 4. The normalized spacial score (nSPS) is 17.2. The highest BCUT2D eigenvalue weighted by Crippen LogP contribution is 2.40. The quantitative estimate of drug-likeness (QED) is 0.685. The summed E-state index contributed by atoms with van der Waals surface area (Å²) in [5.41, 5.74) is 4.81. The van der Waals surface area contributed by atoms with Crippen LogP contribution in [0.3, 0.4) is 0 Å². The molecule has 0 bridgehead atoms. The molecule has 3 aromatic carbocycles. The largest absolute Gasteiger partial charge is 0.489 e. The molecule has 28 heavy (non-hydrogen) atoms. The van der Waals surface area contributed by atoms with Gasteiger partial charge in [-0.3, -0.25) is 0 Å². The van der Waals surface area contributed by atoms with Crippen LogP contribution in [0.5, 0.6) is 17.2 Å².